The van der Waals surface area contributed by atoms with Gasteiger partial charge in [0.15, 0.2) is 5.69 Å². The Hall–Kier alpha value is -2.83. The smallest absolute Gasteiger partial charge is 0.274 e. The molecule has 25 heavy (non-hydrogen) atoms. The number of furan rings is 1. The first kappa shape index (κ1) is 17.0. The molecule has 0 radical (unpaired) electrons. The predicted octanol–water partition coefficient (Wildman–Crippen LogP) is 2.80. The van der Waals surface area contributed by atoms with Gasteiger partial charge in [0.1, 0.15) is 11.5 Å². The largest absolute Gasteiger partial charge is 0.469 e. The van der Waals surface area contributed by atoms with Crippen LogP contribution in [-0.4, -0.2) is 26.9 Å². The molecule has 1 atom stereocenters. The van der Waals surface area contributed by atoms with Crippen molar-refractivity contribution in [2.24, 2.45) is 0 Å². The van der Waals surface area contributed by atoms with Gasteiger partial charge in [-0.25, -0.2) is 0 Å². The number of aryl methyl sites for hydroxylation is 3. The minimum absolute atomic E-state index is 0.0859. The molecule has 0 aliphatic heterocycles. The summed E-state index contributed by atoms with van der Waals surface area (Å²) in [5.74, 6) is 1.19. The van der Waals surface area contributed by atoms with E-state index in [2.05, 4.69) is 15.6 Å². The zero-order valence-electron chi connectivity index (χ0n) is 14.9. The molecular weight excluding hydrogens is 320 g/mol. The van der Waals surface area contributed by atoms with E-state index in [1.54, 1.807) is 13.2 Å². The molecule has 7 nitrogen and oxygen atoms in total. The lowest BCUT2D eigenvalue weighted by molar-refractivity contribution is 0.0929. The molecule has 1 N–H and O–H groups in total. The van der Waals surface area contributed by atoms with Crippen LogP contribution in [0.5, 0.6) is 0 Å². The third kappa shape index (κ3) is 3.81. The highest BCUT2D eigenvalue weighted by molar-refractivity contribution is 5.94. The van der Waals surface area contributed by atoms with Gasteiger partial charge in [-0.3, -0.25) is 9.48 Å². The molecule has 0 aliphatic carbocycles. The molecular formula is C18H22N4O3. The summed E-state index contributed by atoms with van der Waals surface area (Å²) in [5.41, 5.74) is 3.01. The maximum atomic E-state index is 12.6. The topological polar surface area (TPSA) is 86.1 Å². The zero-order valence-corrected chi connectivity index (χ0v) is 14.9. The standard InChI is InChI=1S/C18H22N4O3/c1-11(9-15-6-5-7-24-15)19-18(23)17-16(14(4)25-21-17)10-22-13(3)8-12(2)20-22/h5-8,11H,9-10H2,1-4H3,(H,19,23)/t11-/m0/s1. The van der Waals surface area contributed by atoms with Crippen molar-refractivity contribution in [1.82, 2.24) is 20.3 Å². The van der Waals surface area contributed by atoms with Gasteiger partial charge in [-0.15, -0.1) is 0 Å². The van der Waals surface area contributed by atoms with Crippen LogP contribution in [-0.2, 0) is 13.0 Å². The average molecular weight is 342 g/mol. The number of aromatic nitrogens is 3. The van der Waals surface area contributed by atoms with Crippen LogP contribution in [0.3, 0.4) is 0 Å². The van der Waals surface area contributed by atoms with Crippen LogP contribution in [0, 0.1) is 20.8 Å². The van der Waals surface area contributed by atoms with Gasteiger partial charge in [-0.1, -0.05) is 5.16 Å². The van der Waals surface area contributed by atoms with Crippen molar-refractivity contribution in [1.29, 1.82) is 0 Å². The Labute approximate surface area is 146 Å². The van der Waals surface area contributed by atoms with Crippen molar-refractivity contribution >= 4 is 5.91 Å². The minimum Gasteiger partial charge on any atom is -0.469 e. The Morgan fingerprint density at radius 3 is 2.80 bits per heavy atom. The Balaban J connectivity index is 1.73. The van der Waals surface area contributed by atoms with Gasteiger partial charge in [0, 0.05) is 23.7 Å². The van der Waals surface area contributed by atoms with Crippen molar-refractivity contribution in [3.63, 3.8) is 0 Å². The van der Waals surface area contributed by atoms with E-state index in [0.29, 0.717) is 24.4 Å². The summed E-state index contributed by atoms with van der Waals surface area (Å²) in [4.78, 5) is 12.6. The van der Waals surface area contributed by atoms with Crippen molar-refractivity contribution in [2.45, 2.75) is 46.7 Å². The van der Waals surface area contributed by atoms with Crippen LogP contribution in [0.2, 0.25) is 0 Å². The zero-order chi connectivity index (χ0) is 18.0. The number of nitrogens with zero attached hydrogens (tertiary/aromatic N) is 3. The SMILES string of the molecule is Cc1cc(C)n(Cc2c(C(=O)N[C@@H](C)Cc3ccco3)noc2C)n1. The normalized spacial score (nSPS) is 12.3. The number of rotatable bonds is 6. The molecule has 0 aliphatic rings. The van der Waals surface area contributed by atoms with Gasteiger partial charge in [0.2, 0.25) is 0 Å². The predicted molar refractivity (Wildman–Crippen MR) is 91.4 cm³/mol. The summed E-state index contributed by atoms with van der Waals surface area (Å²) in [6.07, 6.45) is 2.24. The van der Waals surface area contributed by atoms with E-state index in [9.17, 15) is 4.79 Å². The van der Waals surface area contributed by atoms with Gasteiger partial charge in [-0.2, -0.15) is 5.10 Å². The Bertz CT molecular complexity index is 861. The van der Waals surface area contributed by atoms with Crippen LogP contribution in [0.25, 0.3) is 0 Å². The molecule has 7 heteroatoms. The summed E-state index contributed by atoms with van der Waals surface area (Å²) in [5, 5.41) is 11.3. The van der Waals surface area contributed by atoms with E-state index >= 15 is 0 Å². The van der Waals surface area contributed by atoms with E-state index in [1.165, 1.54) is 0 Å². The highest BCUT2D eigenvalue weighted by Gasteiger charge is 2.22. The van der Waals surface area contributed by atoms with E-state index in [1.807, 2.05) is 43.7 Å². The molecule has 3 heterocycles. The van der Waals surface area contributed by atoms with E-state index in [4.69, 9.17) is 8.94 Å². The van der Waals surface area contributed by atoms with Crippen LogP contribution < -0.4 is 5.32 Å². The second-order valence-electron chi connectivity index (χ2n) is 6.31. The summed E-state index contributed by atoms with van der Waals surface area (Å²) in [6, 6.07) is 5.62. The summed E-state index contributed by atoms with van der Waals surface area (Å²) < 4.78 is 12.4. The lowest BCUT2D eigenvalue weighted by atomic mass is 10.1. The molecule has 1 amide bonds. The number of nitrogens with one attached hydrogen (secondary N) is 1. The molecule has 3 aromatic rings. The highest BCUT2D eigenvalue weighted by Crippen LogP contribution is 2.17. The number of amides is 1. The average Bonchev–Trinajstić information content (AvgIpc) is 3.23. The number of hydrogen-bond acceptors (Lipinski definition) is 5. The van der Waals surface area contributed by atoms with Crippen molar-refractivity contribution in [3.8, 4) is 0 Å². The van der Waals surface area contributed by atoms with Crippen molar-refractivity contribution in [2.75, 3.05) is 0 Å². The fourth-order valence-electron chi connectivity index (χ4n) is 2.81. The first-order chi connectivity index (χ1) is 11.9. The quantitative estimate of drug-likeness (QED) is 0.744. The Morgan fingerprint density at radius 2 is 2.16 bits per heavy atom. The number of carbonyl (C=O) groups is 1. The molecule has 0 spiro atoms. The summed E-state index contributed by atoms with van der Waals surface area (Å²) >= 11 is 0. The van der Waals surface area contributed by atoms with Gasteiger partial charge in [0.05, 0.1) is 18.5 Å². The van der Waals surface area contributed by atoms with E-state index in [0.717, 1.165) is 22.7 Å². The van der Waals surface area contributed by atoms with Gasteiger partial charge in [0.25, 0.3) is 5.91 Å². The third-order valence-electron chi connectivity index (χ3n) is 4.08. The second kappa shape index (κ2) is 6.96. The van der Waals surface area contributed by atoms with Crippen molar-refractivity contribution < 1.29 is 13.7 Å². The Kier molecular flexibility index (Phi) is 4.74. The maximum absolute atomic E-state index is 12.6. The summed E-state index contributed by atoms with van der Waals surface area (Å²) in [6.45, 7) is 8.09. The van der Waals surface area contributed by atoms with Crippen LogP contribution in [0.1, 0.15) is 45.9 Å². The van der Waals surface area contributed by atoms with Crippen molar-refractivity contribution in [3.05, 3.63) is 58.6 Å². The van der Waals surface area contributed by atoms with Crippen LogP contribution >= 0.6 is 0 Å². The number of carbonyl (C=O) groups excluding carboxylic acids is 1. The maximum Gasteiger partial charge on any atom is 0.274 e. The molecule has 0 saturated carbocycles. The fourth-order valence-corrected chi connectivity index (χ4v) is 2.81. The lowest BCUT2D eigenvalue weighted by Gasteiger charge is -2.12. The fraction of sp³-hybridized carbons (Fsp3) is 0.389. The molecule has 0 unspecified atom stereocenters. The molecule has 0 bridgehead atoms. The molecule has 3 rings (SSSR count). The van der Waals surface area contributed by atoms with Crippen LogP contribution in [0.15, 0.2) is 33.4 Å². The second-order valence-corrected chi connectivity index (χ2v) is 6.31. The third-order valence-corrected chi connectivity index (χ3v) is 4.08. The monoisotopic (exact) mass is 342 g/mol. The molecule has 0 fully saturated rings. The Morgan fingerprint density at radius 1 is 1.36 bits per heavy atom. The highest BCUT2D eigenvalue weighted by atomic mass is 16.5. The first-order valence-corrected chi connectivity index (χ1v) is 8.23. The number of hydrogen-bond donors (Lipinski definition) is 1. The lowest BCUT2D eigenvalue weighted by Crippen LogP contribution is -2.34. The first-order valence-electron chi connectivity index (χ1n) is 8.23. The molecule has 0 aromatic carbocycles. The van der Waals surface area contributed by atoms with Gasteiger partial charge < -0.3 is 14.3 Å². The van der Waals surface area contributed by atoms with Gasteiger partial charge >= 0.3 is 0 Å². The molecule has 132 valence electrons. The van der Waals surface area contributed by atoms with Crippen LogP contribution in [0.4, 0.5) is 0 Å². The minimum atomic E-state index is -0.257. The van der Waals surface area contributed by atoms with Gasteiger partial charge in [-0.05, 0) is 45.9 Å². The molecule has 0 saturated heterocycles. The summed E-state index contributed by atoms with van der Waals surface area (Å²) in [7, 11) is 0. The van der Waals surface area contributed by atoms with E-state index < -0.39 is 0 Å². The van der Waals surface area contributed by atoms with E-state index in [-0.39, 0.29) is 11.9 Å². The molecule has 3 aromatic heterocycles.